The number of nitrogens with zero attached hydrogens (tertiary/aromatic N) is 3. The molecule has 0 spiro atoms. The summed E-state index contributed by atoms with van der Waals surface area (Å²) in [4.78, 5) is 12.1. The number of rotatable bonds is 6. The van der Waals surface area contributed by atoms with Gasteiger partial charge in [-0.05, 0) is 18.5 Å². The molecule has 17 heavy (non-hydrogen) atoms. The minimum absolute atomic E-state index is 0.0936. The fourth-order valence-electron chi connectivity index (χ4n) is 1.61. The van der Waals surface area contributed by atoms with Crippen molar-refractivity contribution >= 4 is 5.69 Å². The molecule has 0 saturated heterocycles. The molecule has 5 heteroatoms. The number of nitriles is 1. The molecule has 0 saturated carbocycles. The first-order valence-corrected chi connectivity index (χ1v) is 5.50. The summed E-state index contributed by atoms with van der Waals surface area (Å²) in [6, 6.07) is 8.57. The average molecular weight is 233 g/mol. The highest BCUT2D eigenvalue weighted by atomic mass is 16.6. The first-order chi connectivity index (χ1) is 8.17. The predicted molar refractivity (Wildman–Crippen MR) is 64.3 cm³/mol. The van der Waals surface area contributed by atoms with Crippen LogP contribution in [0.25, 0.3) is 0 Å². The molecule has 0 aliphatic carbocycles. The van der Waals surface area contributed by atoms with E-state index in [4.69, 9.17) is 5.26 Å². The molecule has 0 fully saturated rings. The van der Waals surface area contributed by atoms with Crippen molar-refractivity contribution in [1.29, 1.82) is 5.26 Å². The highest BCUT2D eigenvalue weighted by Crippen LogP contribution is 2.13. The van der Waals surface area contributed by atoms with Crippen LogP contribution >= 0.6 is 0 Å². The van der Waals surface area contributed by atoms with Crippen LogP contribution in [0, 0.1) is 21.4 Å². The monoisotopic (exact) mass is 233 g/mol. The van der Waals surface area contributed by atoms with Crippen LogP contribution in [-0.4, -0.2) is 22.9 Å². The first kappa shape index (κ1) is 13.1. The number of nitro benzene ring substituents is 1. The van der Waals surface area contributed by atoms with Crippen LogP contribution in [0.4, 0.5) is 5.69 Å². The van der Waals surface area contributed by atoms with E-state index in [0.717, 1.165) is 18.5 Å². The molecular weight excluding hydrogens is 218 g/mol. The van der Waals surface area contributed by atoms with E-state index in [9.17, 15) is 10.1 Å². The van der Waals surface area contributed by atoms with Crippen molar-refractivity contribution in [2.45, 2.75) is 19.9 Å². The molecule has 0 aliphatic rings. The van der Waals surface area contributed by atoms with Crippen LogP contribution in [-0.2, 0) is 6.54 Å². The van der Waals surface area contributed by atoms with Gasteiger partial charge in [0, 0.05) is 18.7 Å². The van der Waals surface area contributed by atoms with Gasteiger partial charge in [-0.25, -0.2) is 0 Å². The summed E-state index contributed by atoms with van der Waals surface area (Å²) in [7, 11) is 0. The van der Waals surface area contributed by atoms with Gasteiger partial charge in [-0.3, -0.25) is 15.0 Å². The molecule has 0 radical (unpaired) electrons. The van der Waals surface area contributed by atoms with Crippen molar-refractivity contribution in [3.05, 3.63) is 39.9 Å². The molecule has 1 aromatic rings. The van der Waals surface area contributed by atoms with Crippen molar-refractivity contribution in [2.75, 3.05) is 13.1 Å². The topological polar surface area (TPSA) is 70.2 Å². The molecule has 5 nitrogen and oxygen atoms in total. The van der Waals surface area contributed by atoms with Gasteiger partial charge in [0.1, 0.15) is 0 Å². The van der Waals surface area contributed by atoms with E-state index in [1.165, 1.54) is 12.1 Å². The summed E-state index contributed by atoms with van der Waals surface area (Å²) in [6.45, 7) is 3.94. The number of hydrogen-bond donors (Lipinski definition) is 0. The lowest BCUT2D eigenvalue weighted by atomic mass is 10.2. The Balaban J connectivity index is 2.66. The summed E-state index contributed by atoms with van der Waals surface area (Å²) in [5.41, 5.74) is 1.08. The second-order valence-electron chi connectivity index (χ2n) is 3.79. The molecule has 0 unspecified atom stereocenters. The van der Waals surface area contributed by atoms with Crippen molar-refractivity contribution in [3.63, 3.8) is 0 Å². The smallest absolute Gasteiger partial charge is 0.269 e. The van der Waals surface area contributed by atoms with Crippen LogP contribution < -0.4 is 0 Å². The molecule has 1 rings (SSSR count). The lowest BCUT2D eigenvalue weighted by molar-refractivity contribution is -0.384. The maximum absolute atomic E-state index is 10.5. The Kier molecular flexibility index (Phi) is 5.11. The van der Waals surface area contributed by atoms with E-state index < -0.39 is 4.92 Å². The van der Waals surface area contributed by atoms with Crippen molar-refractivity contribution in [3.8, 4) is 6.07 Å². The molecule has 0 bridgehead atoms. The van der Waals surface area contributed by atoms with E-state index in [1.54, 1.807) is 12.1 Å². The SMILES string of the molecule is CCCN(CC#N)Cc1ccc([N+](=O)[O-])cc1. The molecule has 0 amide bonds. The van der Waals surface area contributed by atoms with Gasteiger partial charge in [0.25, 0.3) is 5.69 Å². The fourth-order valence-corrected chi connectivity index (χ4v) is 1.61. The largest absolute Gasteiger partial charge is 0.286 e. The summed E-state index contributed by atoms with van der Waals surface area (Å²) >= 11 is 0. The molecule has 1 aromatic carbocycles. The summed E-state index contributed by atoms with van der Waals surface area (Å²) < 4.78 is 0. The molecular formula is C12H15N3O2. The van der Waals surface area contributed by atoms with Crippen molar-refractivity contribution < 1.29 is 4.92 Å². The Morgan fingerprint density at radius 3 is 2.53 bits per heavy atom. The maximum Gasteiger partial charge on any atom is 0.269 e. The predicted octanol–water partition coefficient (Wildman–Crippen LogP) is 2.33. The van der Waals surface area contributed by atoms with Crippen LogP contribution in [0.3, 0.4) is 0 Å². The number of benzene rings is 1. The standard InChI is InChI=1S/C12H15N3O2/c1-2-8-14(9-7-13)10-11-3-5-12(6-4-11)15(16)17/h3-6H,2,8-10H2,1H3. The Morgan fingerprint density at radius 1 is 1.41 bits per heavy atom. The third-order valence-corrected chi connectivity index (χ3v) is 2.39. The number of hydrogen-bond acceptors (Lipinski definition) is 4. The molecule has 0 atom stereocenters. The lowest BCUT2D eigenvalue weighted by Crippen LogP contribution is -2.24. The van der Waals surface area contributed by atoms with Gasteiger partial charge in [0.2, 0.25) is 0 Å². The zero-order valence-electron chi connectivity index (χ0n) is 9.80. The Morgan fingerprint density at radius 2 is 2.06 bits per heavy atom. The molecule has 0 heterocycles. The van der Waals surface area contributed by atoms with Crippen LogP contribution in [0.5, 0.6) is 0 Å². The van der Waals surface area contributed by atoms with Gasteiger partial charge < -0.3 is 0 Å². The van der Waals surface area contributed by atoms with E-state index >= 15 is 0 Å². The van der Waals surface area contributed by atoms with E-state index in [0.29, 0.717) is 13.1 Å². The van der Waals surface area contributed by atoms with Gasteiger partial charge >= 0.3 is 0 Å². The summed E-state index contributed by atoms with van der Waals surface area (Å²) in [5.74, 6) is 0. The highest BCUT2D eigenvalue weighted by molar-refractivity contribution is 5.32. The fraction of sp³-hybridized carbons (Fsp3) is 0.417. The molecule has 0 N–H and O–H groups in total. The van der Waals surface area contributed by atoms with E-state index in [1.807, 2.05) is 4.90 Å². The molecule has 90 valence electrons. The minimum Gasteiger partial charge on any atom is -0.286 e. The summed E-state index contributed by atoms with van der Waals surface area (Å²) in [6.07, 6.45) is 0.981. The van der Waals surface area contributed by atoms with Gasteiger partial charge in [-0.1, -0.05) is 19.1 Å². The maximum atomic E-state index is 10.5. The average Bonchev–Trinajstić information content (AvgIpc) is 2.30. The van der Waals surface area contributed by atoms with Crippen molar-refractivity contribution in [2.24, 2.45) is 0 Å². The molecule has 0 aromatic heterocycles. The Bertz CT molecular complexity index is 409. The first-order valence-electron chi connectivity index (χ1n) is 5.50. The van der Waals surface area contributed by atoms with Crippen molar-refractivity contribution in [1.82, 2.24) is 4.90 Å². The van der Waals surface area contributed by atoms with E-state index in [2.05, 4.69) is 13.0 Å². The van der Waals surface area contributed by atoms with Crippen LogP contribution in [0.1, 0.15) is 18.9 Å². The lowest BCUT2D eigenvalue weighted by Gasteiger charge is -2.17. The van der Waals surface area contributed by atoms with Gasteiger partial charge in [0.15, 0.2) is 0 Å². The van der Waals surface area contributed by atoms with E-state index in [-0.39, 0.29) is 5.69 Å². The summed E-state index contributed by atoms with van der Waals surface area (Å²) in [5, 5.41) is 19.2. The minimum atomic E-state index is -0.414. The second-order valence-corrected chi connectivity index (χ2v) is 3.79. The Hall–Kier alpha value is -1.93. The normalized spacial score (nSPS) is 10.2. The van der Waals surface area contributed by atoms with Crippen LogP contribution in [0.2, 0.25) is 0 Å². The quantitative estimate of drug-likeness (QED) is 0.429. The van der Waals surface area contributed by atoms with Gasteiger partial charge in [-0.2, -0.15) is 5.26 Å². The zero-order chi connectivity index (χ0) is 12.7. The van der Waals surface area contributed by atoms with Gasteiger partial charge in [-0.15, -0.1) is 0 Å². The zero-order valence-corrected chi connectivity index (χ0v) is 9.80. The highest BCUT2D eigenvalue weighted by Gasteiger charge is 2.07. The second kappa shape index (κ2) is 6.61. The third-order valence-electron chi connectivity index (χ3n) is 2.39. The molecule has 0 aliphatic heterocycles. The van der Waals surface area contributed by atoms with Crippen LogP contribution in [0.15, 0.2) is 24.3 Å². The number of non-ortho nitro benzene ring substituents is 1. The number of nitro groups is 1. The van der Waals surface area contributed by atoms with Gasteiger partial charge in [0.05, 0.1) is 17.5 Å². The Labute approximate surface area is 100 Å². The third kappa shape index (κ3) is 4.21.